The van der Waals surface area contributed by atoms with Gasteiger partial charge in [0.15, 0.2) is 0 Å². The van der Waals surface area contributed by atoms with Gasteiger partial charge in [0.05, 0.1) is 0 Å². The van der Waals surface area contributed by atoms with Crippen molar-refractivity contribution >= 4 is 0 Å². The van der Waals surface area contributed by atoms with E-state index in [9.17, 15) is 4.39 Å². The van der Waals surface area contributed by atoms with Crippen molar-refractivity contribution in [2.24, 2.45) is 0 Å². The molecule has 1 aliphatic rings. The van der Waals surface area contributed by atoms with Crippen LogP contribution in [0.4, 0.5) is 4.39 Å². The molecule has 0 radical (unpaired) electrons. The number of hydrogen-bond donors (Lipinski definition) is 0. The topological polar surface area (TPSA) is 38.9 Å². The largest absolute Gasteiger partial charge is 0.339 e. The molecular weight excluding hydrogens is 327 g/mol. The standard InChI is InChI=1S/C22H19FN2O/c23-20-8-4-5-17(15-20)10-9-16-11-13-18(14-12-16)21-24-22(26-25-21)19-6-2-1-3-7-19/h4-5,8,11-15,19H,1-3,6-7H2. The second kappa shape index (κ2) is 7.53. The van der Waals surface area contributed by atoms with E-state index >= 15 is 0 Å². The monoisotopic (exact) mass is 346 g/mol. The van der Waals surface area contributed by atoms with Gasteiger partial charge >= 0.3 is 0 Å². The van der Waals surface area contributed by atoms with Crippen LogP contribution >= 0.6 is 0 Å². The van der Waals surface area contributed by atoms with Gasteiger partial charge < -0.3 is 4.52 Å². The number of halogens is 1. The van der Waals surface area contributed by atoms with Gasteiger partial charge in [-0.3, -0.25) is 0 Å². The van der Waals surface area contributed by atoms with E-state index in [1.165, 1.54) is 31.4 Å². The first-order chi connectivity index (χ1) is 12.8. The second-order valence-electron chi connectivity index (χ2n) is 6.63. The molecule has 130 valence electrons. The quantitative estimate of drug-likeness (QED) is 0.589. The van der Waals surface area contributed by atoms with Crippen LogP contribution in [0, 0.1) is 17.7 Å². The minimum atomic E-state index is -0.280. The Labute approximate surface area is 152 Å². The van der Waals surface area contributed by atoms with Crippen molar-refractivity contribution in [2.45, 2.75) is 38.0 Å². The lowest BCUT2D eigenvalue weighted by Gasteiger charge is -2.17. The van der Waals surface area contributed by atoms with Gasteiger partial charge in [0, 0.05) is 22.6 Å². The van der Waals surface area contributed by atoms with Crippen LogP contribution in [-0.4, -0.2) is 10.1 Å². The van der Waals surface area contributed by atoms with Crippen LogP contribution in [0.1, 0.15) is 55.0 Å². The van der Waals surface area contributed by atoms with Gasteiger partial charge in [-0.2, -0.15) is 4.98 Å². The maximum Gasteiger partial charge on any atom is 0.230 e. The summed E-state index contributed by atoms with van der Waals surface area (Å²) in [4.78, 5) is 4.58. The van der Waals surface area contributed by atoms with Crippen molar-refractivity contribution < 1.29 is 8.91 Å². The summed E-state index contributed by atoms with van der Waals surface area (Å²) < 4.78 is 18.7. The molecule has 0 aliphatic heterocycles. The van der Waals surface area contributed by atoms with Crippen molar-refractivity contribution in [3.05, 3.63) is 71.4 Å². The summed E-state index contributed by atoms with van der Waals surface area (Å²) >= 11 is 0. The van der Waals surface area contributed by atoms with Gasteiger partial charge in [-0.25, -0.2) is 4.39 Å². The minimum absolute atomic E-state index is 0.280. The van der Waals surface area contributed by atoms with E-state index in [1.807, 2.05) is 24.3 Å². The zero-order chi connectivity index (χ0) is 17.8. The van der Waals surface area contributed by atoms with Crippen LogP contribution < -0.4 is 0 Å². The third-order valence-electron chi connectivity index (χ3n) is 4.72. The molecule has 1 heterocycles. The predicted octanol–water partition coefficient (Wildman–Crippen LogP) is 5.32. The molecule has 1 aliphatic carbocycles. The summed E-state index contributed by atoms with van der Waals surface area (Å²) in [6.07, 6.45) is 6.05. The number of rotatable bonds is 2. The van der Waals surface area contributed by atoms with Crippen LogP contribution in [-0.2, 0) is 0 Å². The molecule has 0 bridgehead atoms. The summed E-state index contributed by atoms with van der Waals surface area (Å²) in [7, 11) is 0. The number of hydrogen-bond acceptors (Lipinski definition) is 3. The van der Waals surface area contributed by atoms with Gasteiger partial charge in [0.1, 0.15) is 5.82 Å². The van der Waals surface area contributed by atoms with Gasteiger partial charge in [-0.15, -0.1) is 0 Å². The highest BCUT2D eigenvalue weighted by molar-refractivity contribution is 5.56. The third-order valence-corrected chi connectivity index (χ3v) is 4.72. The molecule has 1 aromatic heterocycles. The van der Waals surface area contributed by atoms with Crippen LogP contribution in [0.2, 0.25) is 0 Å². The van der Waals surface area contributed by atoms with E-state index in [0.717, 1.165) is 29.9 Å². The molecule has 2 aromatic carbocycles. The smallest absolute Gasteiger partial charge is 0.230 e. The average molecular weight is 346 g/mol. The predicted molar refractivity (Wildman–Crippen MR) is 97.9 cm³/mol. The lowest BCUT2D eigenvalue weighted by Crippen LogP contribution is -2.04. The second-order valence-corrected chi connectivity index (χ2v) is 6.63. The molecule has 0 atom stereocenters. The average Bonchev–Trinajstić information content (AvgIpc) is 3.18. The molecule has 0 unspecified atom stereocenters. The molecule has 0 saturated heterocycles. The van der Waals surface area contributed by atoms with Crippen molar-refractivity contribution in [1.82, 2.24) is 10.1 Å². The zero-order valence-corrected chi connectivity index (χ0v) is 14.4. The lowest BCUT2D eigenvalue weighted by atomic mass is 9.89. The number of nitrogens with zero attached hydrogens (tertiary/aromatic N) is 2. The van der Waals surface area contributed by atoms with Crippen molar-refractivity contribution in [1.29, 1.82) is 0 Å². The Bertz CT molecular complexity index is 944. The normalized spacial score (nSPS) is 14.7. The highest BCUT2D eigenvalue weighted by Crippen LogP contribution is 2.32. The molecule has 1 saturated carbocycles. The molecule has 26 heavy (non-hydrogen) atoms. The highest BCUT2D eigenvalue weighted by Gasteiger charge is 2.21. The Hall–Kier alpha value is -2.93. The van der Waals surface area contributed by atoms with E-state index in [1.54, 1.807) is 12.1 Å². The van der Waals surface area contributed by atoms with E-state index in [4.69, 9.17) is 4.52 Å². The van der Waals surface area contributed by atoms with E-state index < -0.39 is 0 Å². The summed E-state index contributed by atoms with van der Waals surface area (Å²) in [5, 5.41) is 4.13. The van der Waals surface area contributed by atoms with Gasteiger partial charge in [-0.1, -0.05) is 42.3 Å². The summed E-state index contributed by atoms with van der Waals surface area (Å²) in [6.45, 7) is 0. The summed E-state index contributed by atoms with van der Waals surface area (Å²) in [6, 6.07) is 14.0. The van der Waals surface area contributed by atoms with Gasteiger partial charge in [-0.05, 0) is 55.3 Å². The Morgan fingerprint density at radius 2 is 1.69 bits per heavy atom. The van der Waals surface area contributed by atoms with Crippen LogP contribution in [0.5, 0.6) is 0 Å². The van der Waals surface area contributed by atoms with E-state index in [0.29, 0.717) is 17.3 Å². The Morgan fingerprint density at radius 1 is 0.923 bits per heavy atom. The molecule has 0 N–H and O–H groups in total. The first-order valence-electron chi connectivity index (χ1n) is 8.99. The van der Waals surface area contributed by atoms with Gasteiger partial charge in [0.2, 0.25) is 11.7 Å². The first kappa shape index (κ1) is 16.5. The Kier molecular flexibility index (Phi) is 4.79. The molecule has 3 aromatic rings. The fourth-order valence-corrected chi connectivity index (χ4v) is 3.28. The number of benzene rings is 2. The molecule has 0 amide bonds. The highest BCUT2D eigenvalue weighted by atomic mass is 19.1. The third kappa shape index (κ3) is 3.83. The van der Waals surface area contributed by atoms with Gasteiger partial charge in [0.25, 0.3) is 0 Å². The Morgan fingerprint density at radius 3 is 2.46 bits per heavy atom. The van der Waals surface area contributed by atoms with E-state index in [-0.39, 0.29) is 5.82 Å². The minimum Gasteiger partial charge on any atom is -0.339 e. The fraction of sp³-hybridized carbons (Fsp3) is 0.273. The Balaban J connectivity index is 1.49. The van der Waals surface area contributed by atoms with Crippen molar-refractivity contribution in [3.8, 4) is 23.2 Å². The maximum atomic E-state index is 13.2. The van der Waals surface area contributed by atoms with Crippen LogP contribution in [0.25, 0.3) is 11.4 Å². The maximum absolute atomic E-state index is 13.2. The summed E-state index contributed by atoms with van der Waals surface area (Å²) in [5.41, 5.74) is 2.42. The van der Waals surface area contributed by atoms with Crippen LogP contribution in [0.3, 0.4) is 0 Å². The zero-order valence-electron chi connectivity index (χ0n) is 14.4. The lowest BCUT2D eigenvalue weighted by molar-refractivity contribution is 0.314. The summed E-state index contributed by atoms with van der Waals surface area (Å²) in [5.74, 6) is 7.52. The first-order valence-corrected chi connectivity index (χ1v) is 8.99. The molecular formula is C22H19FN2O. The fourth-order valence-electron chi connectivity index (χ4n) is 3.28. The molecule has 4 heteroatoms. The molecule has 3 nitrogen and oxygen atoms in total. The van der Waals surface area contributed by atoms with Crippen LogP contribution in [0.15, 0.2) is 53.1 Å². The van der Waals surface area contributed by atoms with Crippen molar-refractivity contribution in [3.63, 3.8) is 0 Å². The SMILES string of the molecule is Fc1cccc(C#Cc2ccc(-c3noc(C4CCCCC4)n3)cc2)c1. The molecule has 0 spiro atoms. The number of aromatic nitrogens is 2. The van der Waals surface area contributed by atoms with E-state index in [2.05, 4.69) is 22.0 Å². The molecule has 4 rings (SSSR count). The molecule has 1 fully saturated rings. The van der Waals surface area contributed by atoms with Crippen molar-refractivity contribution in [2.75, 3.05) is 0 Å².